The maximum atomic E-state index is 11.8. The molecule has 0 bridgehead atoms. The lowest BCUT2D eigenvalue weighted by molar-refractivity contribution is -0.127. The summed E-state index contributed by atoms with van der Waals surface area (Å²) in [5.41, 5.74) is 1.24. The van der Waals surface area contributed by atoms with Crippen LogP contribution in [0.2, 0.25) is 0 Å². The van der Waals surface area contributed by atoms with Crippen LogP contribution in [0.3, 0.4) is 0 Å². The summed E-state index contributed by atoms with van der Waals surface area (Å²) >= 11 is 0. The van der Waals surface area contributed by atoms with E-state index < -0.39 is 0 Å². The van der Waals surface area contributed by atoms with E-state index >= 15 is 0 Å². The molecule has 1 unspecified atom stereocenters. The highest BCUT2D eigenvalue weighted by Gasteiger charge is 2.30. The van der Waals surface area contributed by atoms with Crippen molar-refractivity contribution in [2.24, 2.45) is 0 Å². The molecule has 1 aliphatic rings. The van der Waals surface area contributed by atoms with Gasteiger partial charge in [0, 0.05) is 12.5 Å². The van der Waals surface area contributed by atoms with Crippen molar-refractivity contribution >= 4 is 11.8 Å². The molecule has 1 aromatic carbocycles. The second kappa shape index (κ2) is 6.36. The van der Waals surface area contributed by atoms with Gasteiger partial charge in [0.25, 0.3) is 0 Å². The maximum Gasteiger partial charge on any atom is 0.242 e. The zero-order valence-corrected chi connectivity index (χ0v) is 11.2. The summed E-state index contributed by atoms with van der Waals surface area (Å²) in [5, 5.41) is 5.59. The molecule has 1 fully saturated rings. The Hall–Kier alpha value is -1.84. The molecular formula is C15H20N2O2. The fourth-order valence-electron chi connectivity index (χ4n) is 2.35. The van der Waals surface area contributed by atoms with E-state index in [1.54, 1.807) is 0 Å². The zero-order valence-electron chi connectivity index (χ0n) is 11.2. The predicted octanol–water partition coefficient (Wildman–Crippen LogP) is 1.40. The van der Waals surface area contributed by atoms with Gasteiger partial charge in [0.05, 0.1) is 0 Å². The van der Waals surface area contributed by atoms with Crippen LogP contribution in [-0.2, 0) is 16.0 Å². The summed E-state index contributed by atoms with van der Waals surface area (Å²) in [6.45, 7) is 1.94. The fourth-order valence-corrected chi connectivity index (χ4v) is 2.35. The highest BCUT2D eigenvalue weighted by molar-refractivity contribution is 5.89. The van der Waals surface area contributed by atoms with Crippen LogP contribution in [0.25, 0.3) is 0 Å². The quantitative estimate of drug-likeness (QED) is 0.841. The van der Waals surface area contributed by atoms with Crippen LogP contribution in [0.4, 0.5) is 0 Å². The van der Waals surface area contributed by atoms with Gasteiger partial charge in [-0.3, -0.25) is 9.59 Å². The molecule has 0 spiro atoms. The molecular weight excluding hydrogens is 240 g/mol. The van der Waals surface area contributed by atoms with E-state index in [1.165, 1.54) is 5.56 Å². The van der Waals surface area contributed by atoms with Gasteiger partial charge in [0.15, 0.2) is 0 Å². The Kier molecular flexibility index (Phi) is 4.55. The first-order valence-corrected chi connectivity index (χ1v) is 6.79. The van der Waals surface area contributed by atoms with Gasteiger partial charge >= 0.3 is 0 Å². The lowest BCUT2D eigenvalue weighted by Crippen LogP contribution is -2.40. The first-order chi connectivity index (χ1) is 9.15. The average molecular weight is 260 g/mol. The normalized spacial score (nSPS) is 22.1. The van der Waals surface area contributed by atoms with Crippen molar-refractivity contribution in [2.75, 3.05) is 0 Å². The third-order valence-corrected chi connectivity index (χ3v) is 3.34. The SMILES string of the molecule is CC1C[C@H](NC(=O)CCCc2ccccc2)C(=O)N1. The van der Waals surface area contributed by atoms with Crippen LogP contribution in [0.5, 0.6) is 0 Å². The number of amides is 2. The Morgan fingerprint density at radius 3 is 2.74 bits per heavy atom. The van der Waals surface area contributed by atoms with Gasteiger partial charge in [0.2, 0.25) is 11.8 Å². The van der Waals surface area contributed by atoms with E-state index in [2.05, 4.69) is 22.8 Å². The van der Waals surface area contributed by atoms with Gasteiger partial charge in [0.1, 0.15) is 6.04 Å². The summed E-state index contributed by atoms with van der Waals surface area (Å²) in [7, 11) is 0. The number of nitrogens with one attached hydrogen (secondary N) is 2. The standard InChI is InChI=1S/C15H20N2O2/c1-11-10-13(15(19)16-11)17-14(18)9-5-8-12-6-3-2-4-7-12/h2-4,6-7,11,13H,5,8-10H2,1H3,(H,16,19)(H,17,18)/t11?,13-/m0/s1. The number of carbonyl (C=O) groups excluding carboxylic acids is 2. The van der Waals surface area contributed by atoms with Crippen LogP contribution in [0.15, 0.2) is 30.3 Å². The highest BCUT2D eigenvalue weighted by Crippen LogP contribution is 2.08. The smallest absolute Gasteiger partial charge is 0.242 e. The second-order valence-corrected chi connectivity index (χ2v) is 5.10. The summed E-state index contributed by atoms with van der Waals surface area (Å²) in [5.74, 6) is -0.103. The van der Waals surface area contributed by atoms with E-state index in [0.717, 1.165) is 12.8 Å². The molecule has 2 N–H and O–H groups in total. The van der Waals surface area contributed by atoms with E-state index in [1.807, 2.05) is 25.1 Å². The van der Waals surface area contributed by atoms with Crippen molar-refractivity contribution in [1.29, 1.82) is 0 Å². The van der Waals surface area contributed by atoms with Gasteiger partial charge in [-0.1, -0.05) is 30.3 Å². The van der Waals surface area contributed by atoms with Crippen molar-refractivity contribution in [3.63, 3.8) is 0 Å². The molecule has 0 saturated carbocycles. The molecule has 2 amide bonds. The van der Waals surface area contributed by atoms with Crippen LogP contribution in [0.1, 0.15) is 31.7 Å². The molecule has 2 atom stereocenters. The minimum atomic E-state index is -0.348. The first-order valence-electron chi connectivity index (χ1n) is 6.79. The van der Waals surface area contributed by atoms with Gasteiger partial charge in [-0.15, -0.1) is 0 Å². The van der Waals surface area contributed by atoms with E-state index in [9.17, 15) is 9.59 Å². The molecule has 0 radical (unpaired) electrons. The zero-order chi connectivity index (χ0) is 13.7. The highest BCUT2D eigenvalue weighted by atomic mass is 16.2. The fraction of sp³-hybridized carbons (Fsp3) is 0.467. The van der Waals surface area contributed by atoms with Crippen molar-refractivity contribution < 1.29 is 9.59 Å². The van der Waals surface area contributed by atoms with Gasteiger partial charge in [-0.2, -0.15) is 0 Å². The number of hydrogen-bond donors (Lipinski definition) is 2. The topological polar surface area (TPSA) is 58.2 Å². The third-order valence-electron chi connectivity index (χ3n) is 3.34. The van der Waals surface area contributed by atoms with Crippen molar-refractivity contribution in [1.82, 2.24) is 10.6 Å². The number of aryl methyl sites for hydroxylation is 1. The third kappa shape index (κ3) is 4.09. The number of rotatable bonds is 5. The molecule has 19 heavy (non-hydrogen) atoms. The van der Waals surface area contributed by atoms with Gasteiger partial charge in [-0.05, 0) is 31.7 Å². The van der Waals surface area contributed by atoms with Crippen molar-refractivity contribution in [3.05, 3.63) is 35.9 Å². The first kappa shape index (κ1) is 13.6. The van der Waals surface area contributed by atoms with E-state index in [0.29, 0.717) is 12.8 Å². The lowest BCUT2D eigenvalue weighted by Gasteiger charge is -2.09. The molecule has 2 rings (SSSR count). The maximum absolute atomic E-state index is 11.8. The van der Waals surface area contributed by atoms with Gasteiger partial charge < -0.3 is 10.6 Å². The van der Waals surface area contributed by atoms with Crippen molar-refractivity contribution in [2.45, 2.75) is 44.7 Å². The van der Waals surface area contributed by atoms with E-state index in [4.69, 9.17) is 0 Å². The Labute approximate surface area is 113 Å². The van der Waals surface area contributed by atoms with Gasteiger partial charge in [-0.25, -0.2) is 0 Å². The average Bonchev–Trinajstić information content (AvgIpc) is 2.69. The predicted molar refractivity (Wildman–Crippen MR) is 73.5 cm³/mol. The number of hydrogen-bond acceptors (Lipinski definition) is 2. The minimum absolute atomic E-state index is 0.0369. The molecule has 102 valence electrons. The molecule has 1 aromatic rings. The number of benzene rings is 1. The Balaban J connectivity index is 1.69. The molecule has 0 aromatic heterocycles. The molecule has 1 saturated heterocycles. The van der Waals surface area contributed by atoms with Crippen LogP contribution >= 0.6 is 0 Å². The van der Waals surface area contributed by atoms with Crippen LogP contribution < -0.4 is 10.6 Å². The second-order valence-electron chi connectivity index (χ2n) is 5.10. The molecule has 0 aliphatic carbocycles. The molecule has 1 heterocycles. The van der Waals surface area contributed by atoms with Crippen molar-refractivity contribution in [3.8, 4) is 0 Å². The molecule has 4 heteroatoms. The molecule has 4 nitrogen and oxygen atoms in total. The summed E-state index contributed by atoms with van der Waals surface area (Å²) < 4.78 is 0. The van der Waals surface area contributed by atoms with Crippen LogP contribution in [-0.4, -0.2) is 23.9 Å². The lowest BCUT2D eigenvalue weighted by atomic mass is 10.1. The Morgan fingerprint density at radius 1 is 1.37 bits per heavy atom. The summed E-state index contributed by atoms with van der Waals surface area (Å²) in [6.07, 6.45) is 2.84. The monoisotopic (exact) mass is 260 g/mol. The Morgan fingerprint density at radius 2 is 2.11 bits per heavy atom. The summed E-state index contributed by atoms with van der Waals surface area (Å²) in [4.78, 5) is 23.2. The number of carbonyl (C=O) groups is 2. The van der Waals surface area contributed by atoms with E-state index in [-0.39, 0.29) is 23.9 Å². The summed E-state index contributed by atoms with van der Waals surface area (Å²) in [6, 6.07) is 9.91. The molecule has 1 aliphatic heterocycles. The Bertz CT molecular complexity index is 445. The minimum Gasteiger partial charge on any atom is -0.352 e. The largest absolute Gasteiger partial charge is 0.352 e. The van der Waals surface area contributed by atoms with Crippen LogP contribution in [0, 0.1) is 0 Å².